The van der Waals surface area contributed by atoms with Crippen molar-refractivity contribution in [2.75, 3.05) is 96.0 Å². The molecule has 3 aliphatic heterocycles. The van der Waals surface area contributed by atoms with Gasteiger partial charge in [0.2, 0.25) is 6.79 Å². The van der Waals surface area contributed by atoms with Crippen LogP contribution in [0.15, 0.2) is 71.2 Å². The molecule has 0 radical (unpaired) electrons. The number of carbonyl (C=O) groups is 4. The van der Waals surface area contributed by atoms with Gasteiger partial charge in [-0.15, -0.1) is 0 Å². The molecule has 3 aromatic carbocycles. The Kier molecular flexibility index (Phi) is 15.7. The first kappa shape index (κ1) is 46.7. The summed E-state index contributed by atoms with van der Waals surface area (Å²) in [7, 11) is 0. The smallest absolute Gasteiger partial charge is 0.317 e. The van der Waals surface area contributed by atoms with Gasteiger partial charge in [0.15, 0.2) is 16.6 Å². The summed E-state index contributed by atoms with van der Waals surface area (Å²) in [5.41, 5.74) is 6.37. The average Bonchev–Trinajstić information content (AvgIpc) is 3.92. The number of allylic oxidation sites excluding steroid dienone is 2. The lowest BCUT2D eigenvalue weighted by Crippen LogP contribution is -2.53. The van der Waals surface area contributed by atoms with Crippen LogP contribution in [0.2, 0.25) is 0 Å². The average molecular weight is 965 g/mol. The van der Waals surface area contributed by atoms with E-state index in [2.05, 4.69) is 68.3 Å². The number of rotatable bonds is 15. The van der Waals surface area contributed by atoms with E-state index >= 15 is 0 Å². The van der Waals surface area contributed by atoms with E-state index in [0.717, 1.165) is 51.3 Å². The highest BCUT2D eigenvalue weighted by atomic mass is 79.9. The zero-order valence-electron chi connectivity index (χ0n) is 35.3. The predicted octanol–water partition coefficient (Wildman–Crippen LogP) is 4.00. The molecule has 4 atom stereocenters. The monoisotopic (exact) mass is 963 g/mol. The zero-order valence-corrected chi connectivity index (χ0v) is 37.7. The summed E-state index contributed by atoms with van der Waals surface area (Å²) in [6.07, 6.45) is 6.69. The van der Waals surface area contributed by atoms with E-state index in [-0.39, 0.29) is 90.7 Å². The molecule has 342 valence electrons. The molecule has 0 spiro atoms. The fourth-order valence-corrected chi connectivity index (χ4v) is 9.92. The van der Waals surface area contributed by atoms with Crippen LogP contribution in [-0.2, 0) is 32.0 Å². The Morgan fingerprint density at radius 3 is 2.03 bits per heavy atom. The van der Waals surface area contributed by atoms with Crippen LogP contribution < -0.4 is 25.4 Å². The molecular weight excluding hydrogens is 911 g/mol. The molecule has 0 aromatic heterocycles. The lowest BCUT2D eigenvalue weighted by atomic mass is 9.76. The van der Waals surface area contributed by atoms with Crippen molar-refractivity contribution in [3.63, 3.8) is 0 Å². The molecule has 1 aliphatic carbocycles. The van der Waals surface area contributed by atoms with E-state index < -0.39 is 29.9 Å². The molecule has 7 rings (SSSR count). The van der Waals surface area contributed by atoms with Crippen molar-refractivity contribution in [1.29, 1.82) is 0 Å². The highest BCUT2D eigenvalue weighted by molar-refractivity contribution is 9.10. The minimum Gasteiger partial charge on any atom is -0.480 e. The van der Waals surface area contributed by atoms with E-state index in [1.54, 1.807) is 19.6 Å². The number of hydrogen-bond acceptors (Lipinski definition) is 12. The Bertz CT molecular complexity index is 2230. The van der Waals surface area contributed by atoms with Gasteiger partial charge in [-0.05, 0) is 90.0 Å². The topological polar surface area (TPSA) is 217 Å². The van der Waals surface area contributed by atoms with E-state index in [1.165, 1.54) is 11.1 Å². The molecule has 4 unspecified atom stereocenters. The highest BCUT2D eigenvalue weighted by Crippen LogP contribution is 2.52. The number of carboxylic acids is 4. The van der Waals surface area contributed by atoms with Crippen molar-refractivity contribution >= 4 is 68.5 Å². The van der Waals surface area contributed by atoms with Crippen molar-refractivity contribution < 1.29 is 49.1 Å². The van der Waals surface area contributed by atoms with E-state index in [1.807, 2.05) is 30.3 Å². The van der Waals surface area contributed by atoms with Crippen LogP contribution in [0.3, 0.4) is 0 Å². The molecule has 17 nitrogen and oxygen atoms in total. The number of benzene rings is 3. The molecule has 0 saturated carbocycles. The van der Waals surface area contributed by atoms with Gasteiger partial charge in [0, 0.05) is 80.2 Å². The largest absolute Gasteiger partial charge is 0.480 e. The number of carboxylic acid groups (broad SMARTS) is 4. The Morgan fingerprint density at radius 2 is 1.36 bits per heavy atom. The quantitative estimate of drug-likeness (QED) is 0.0846. The maximum absolute atomic E-state index is 12.1. The highest BCUT2D eigenvalue weighted by Gasteiger charge is 2.39. The Balaban J connectivity index is 0.969. The maximum Gasteiger partial charge on any atom is 0.317 e. The fraction of sp³-hybridized carbons (Fsp3) is 0.444. The van der Waals surface area contributed by atoms with Crippen LogP contribution in [0.5, 0.6) is 11.5 Å². The first-order valence-electron chi connectivity index (χ1n) is 21.3. The molecule has 1 fully saturated rings. The number of nitrogens with one attached hydrogen (secondary N) is 3. The zero-order chi connectivity index (χ0) is 45.3. The van der Waals surface area contributed by atoms with Gasteiger partial charge in [-0.3, -0.25) is 38.8 Å². The van der Waals surface area contributed by atoms with Crippen LogP contribution in [0, 0.1) is 5.92 Å². The van der Waals surface area contributed by atoms with Crippen LogP contribution in [0.4, 0.5) is 11.4 Å². The third kappa shape index (κ3) is 12.5. The van der Waals surface area contributed by atoms with Crippen LogP contribution in [-0.4, -0.2) is 160 Å². The number of nitrogens with zero attached hydrogens (tertiary/aromatic N) is 4. The van der Waals surface area contributed by atoms with Crippen molar-refractivity contribution in [3.8, 4) is 11.5 Å². The summed E-state index contributed by atoms with van der Waals surface area (Å²) in [5.74, 6) is -2.08. The molecule has 3 aromatic rings. The van der Waals surface area contributed by atoms with Gasteiger partial charge in [-0.2, -0.15) is 0 Å². The van der Waals surface area contributed by atoms with Gasteiger partial charge in [0.25, 0.3) is 0 Å². The minimum absolute atomic E-state index is 0.102. The van der Waals surface area contributed by atoms with Gasteiger partial charge in [0.1, 0.15) is 0 Å². The van der Waals surface area contributed by atoms with Gasteiger partial charge in [0.05, 0.1) is 32.2 Å². The second-order valence-electron chi connectivity index (χ2n) is 16.6. The summed E-state index contributed by atoms with van der Waals surface area (Å²) in [4.78, 5) is 54.2. The summed E-state index contributed by atoms with van der Waals surface area (Å²) in [6, 6.07) is 17.9. The second kappa shape index (κ2) is 21.6. The molecule has 19 heteroatoms. The van der Waals surface area contributed by atoms with E-state index in [9.17, 15) is 39.6 Å². The minimum atomic E-state index is -1.07. The molecule has 3 heterocycles. The van der Waals surface area contributed by atoms with E-state index in [0.29, 0.717) is 24.0 Å². The Labute approximate surface area is 385 Å². The van der Waals surface area contributed by atoms with Crippen LogP contribution >= 0.6 is 28.1 Å². The number of thiocarbonyl (C=S) groups is 1. The summed E-state index contributed by atoms with van der Waals surface area (Å²) in [6.45, 7) is 1.14. The van der Waals surface area contributed by atoms with Crippen molar-refractivity contribution in [2.45, 2.75) is 37.3 Å². The second-order valence-corrected chi connectivity index (χ2v) is 17.9. The SMILES string of the molecule is O=C(O)CN1CCN(CC(=O)O)CCN(CC(=O)O)C(Cc2ccc(NC(=S)NCCc3ccc4c(c3)C3C=CCC3C(c3cc5c(cc3Br)OCO5)N4)cc2)CN(CC(=O)O)CC1. The molecule has 0 bridgehead atoms. The molecular formula is C45H54BrN7O10S. The maximum atomic E-state index is 12.1. The van der Waals surface area contributed by atoms with Gasteiger partial charge >= 0.3 is 23.9 Å². The molecule has 4 aliphatic rings. The summed E-state index contributed by atoms with van der Waals surface area (Å²) < 4.78 is 12.3. The number of halogens is 1. The van der Waals surface area contributed by atoms with E-state index in [4.69, 9.17) is 21.7 Å². The lowest BCUT2D eigenvalue weighted by Gasteiger charge is -2.38. The summed E-state index contributed by atoms with van der Waals surface area (Å²) >= 11 is 9.44. The van der Waals surface area contributed by atoms with Gasteiger partial charge in [-0.25, -0.2) is 0 Å². The Hall–Kier alpha value is -5.31. The van der Waals surface area contributed by atoms with Crippen LogP contribution in [0.1, 0.15) is 40.6 Å². The molecule has 64 heavy (non-hydrogen) atoms. The van der Waals surface area contributed by atoms with Crippen molar-refractivity contribution in [1.82, 2.24) is 24.9 Å². The molecule has 0 amide bonds. The fourth-order valence-electron chi connectivity index (χ4n) is 9.13. The third-order valence-corrected chi connectivity index (χ3v) is 13.1. The number of fused-ring (bicyclic) bond motifs is 4. The van der Waals surface area contributed by atoms with Gasteiger partial charge < -0.3 is 45.9 Å². The lowest BCUT2D eigenvalue weighted by molar-refractivity contribution is -0.142. The standard InChI is InChI=1S/C45H54BrN7O10S/c46-36-21-39-38(62-27-63-39)20-35(36)44-33-3-1-2-32(33)34-19-29(6-9-37(34)49-44)10-11-47-45(64)48-30-7-4-28(5-8-30)18-31-22-52(25-42(58)59)15-14-50(23-40(54)55)12-13-51(24-41(56)57)16-17-53(31)26-43(60)61/h1-2,4-9,19-21,31-33,44,49H,3,10-18,22-27H2,(H,54,55)(H,56,57)(H,58,59)(H,60,61)(H2,47,48,64). The predicted molar refractivity (Wildman–Crippen MR) is 246 cm³/mol. The van der Waals surface area contributed by atoms with Crippen molar-refractivity contribution in [2.24, 2.45) is 5.92 Å². The first-order valence-corrected chi connectivity index (χ1v) is 22.5. The molecule has 1 saturated heterocycles. The third-order valence-electron chi connectivity index (χ3n) is 12.2. The number of ether oxygens (including phenoxy) is 2. The first-order chi connectivity index (χ1) is 30.8. The number of aliphatic carboxylic acids is 4. The van der Waals surface area contributed by atoms with Gasteiger partial charge in [-0.1, -0.05) is 52.3 Å². The number of hydrogen-bond donors (Lipinski definition) is 7. The Morgan fingerprint density at radius 1 is 0.750 bits per heavy atom. The van der Waals surface area contributed by atoms with Crippen molar-refractivity contribution in [3.05, 3.63) is 93.5 Å². The summed E-state index contributed by atoms with van der Waals surface area (Å²) in [5, 5.41) is 49.6. The molecule has 7 N–H and O–H groups in total. The van der Waals surface area contributed by atoms with Crippen LogP contribution in [0.25, 0.3) is 0 Å². The number of anilines is 2. The normalized spacial score (nSPS) is 21.7.